The molecule has 40 heavy (non-hydrogen) atoms. The van der Waals surface area contributed by atoms with Gasteiger partial charge in [0.15, 0.2) is 0 Å². The van der Waals surface area contributed by atoms with E-state index < -0.39 is 28.5 Å². The summed E-state index contributed by atoms with van der Waals surface area (Å²) in [4.78, 5) is 28.7. The van der Waals surface area contributed by atoms with E-state index in [1.54, 1.807) is 43.3 Å². The van der Waals surface area contributed by atoms with Crippen LogP contribution in [0.15, 0.2) is 76.1 Å². The van der Waals surface area contributed by atoms with Crippen LogP contribution >= 0.6 is 15.9 Å². The normalized spacial score (nSPS) is 12.2. The lowest BCUT2D eigenvalue weighted by Crippen LogP contribution is -2.51. The van der Waals surface area contributed by atoms with E-state index in [0.29, 0.717) is 12.2 Å². The fourth-order valence-corrected chi connectivity index (χ4v) is 5.91. The van der Waals surface area contributed by atoms with E-state index in [2.05, 4.69) is 21.2 Å². The van der Waals surface area contributed by atoms with Crippen LogP contribution in [-0.4, -0.2) is 44.3 Å². The summed E-state index contributed by atoms with van der Waals surface area (Å²) in [7, 11) is -4.11. The first-order valence-electron chi connectivity index (χ1n) is 13.3. The van der Waals surface area contributed by atoms with Crippen LogP contribution < -0.4 is 9.62 Å². The molecule has 0 aliphatic rings. The zero-order chi connectivity index (χ0) is 29.6. The molecule has 0 heterocycles. The Kier molecular flexibility index (Phi) is 10.6. The average molecular weight is 629 g/mol. The van der Waals surface area contributed by atoms with Crippen molar-refractivity contribution in [3.8, 4) is 0 Å². The maximum absolute atomic E-state index is 14.0. The van der Waals surface area contributed by atoms with Crippen molar-refractivity contribution < 1.29 is 18.0 Å². The molecule has 3 rings (SSSR count). The van der Waals surface area contributed by atoms with Crippen molar-refractivity contribution in [2.24, 2.45) is 5.92 Å². The number of carbonyl (C=O) groups excluding carboxylic acids is 2. The molecular formula is C31H38BrN3O4S. The monoisotopic (exact) mass is 627 g/mol. The third kappa shape index (κ3) is 7.73. The number of amides is 2. The summed E-state index contributed by atoms with van der Waals surface area (Å²) in [5.74, 6) is -0.531. The number of carbonyl (C=O) groups is 2. The van der Waals surface area contributed by atoms with Gasteiger partial charge in [-0.25, -0.2) is 8.42 Å². The van der Waals surface area contributed by atoms with E-state index in [0.717, 1.165) is 31.0 Å². The van der Waals surface area contributed by atoms with Gasteiger partial charge in [0.25, 0.3) is 10.0 Å². The Hall–Kier alpha value is -3.17. The molecule has 3 aromatic carbocycles. The summed E-state index contributed by atoms with van der Waals surface area (Å²) >= 11 is 3.43. The molecule has 0 aliphatic heterocycles. The number of hydrogen-bond donors (Lipinski definition) is 1. The van der Waals surface area contributed by atoms with Crippen molar-refractivity contribution in [3.05, 3.63) is 93.5 Å². The number of halogens is 1. The van der Waals surface area contributed by atoms with Crippen LogP contribution in [0.4, 0.5) is 5.69 Å². The minimum Gasteiger partial charge on any atom is -0.354 e. The van der Waals surface area contributed by atoms with Gasteiger partial charge < -0.3 is 10.2 Å². The third-order valence-corrected chi connectivity index (χ3v) is 9.15. The molecule has 0 unspecified atom stereocenters. The Labute approximate surface area is 246 Å². The number of hydrogen-bond acceptors (Lipinski definition) is 4. The zero-order valence-corrected chi connectivity index (χ0v) is 26.3. The van der Waals surface area contributed by atoms with Crippen molar-refractivity contribution in [3.63, 3.8) is 0 Å². The van der Waals surface area contributed by atoms with Gasteiger partial charge in [-0.15, -0.1) is 0 Å². The van der Waals surface area contributed by atoms with Crippen LogP contribution in [0.2, 0.25) is 0 Å². The van der Waals surface area contributed by atoms with Crippen LogP contribution in [0, 0.1) is 26.7 Å². The molecule has 0 aromatic heterocycles. The molecule has 9 heteroatoms. The van der Waals surface area contributed by atoms with Gasteiger partial charge in [0.05, 0.1) is 10.6 Å². The maximum atomic E-state index is 14.0. The van der Waals surface area contributed by atoms with Gasteiger partial charge in [-0.1, -0.05) is 71.7 Å². The molecule has 1 atom stereocenters. The molecule has 0 bridgehead atoms. The van der Waals surface area contributed by atoms with Gasteiger partial charge in [0, 0.05) is 17.6 Å². The summed E-state index contributed by atoms with van der Waals surface area (Å²) < 4.78 is 30.1. The maximum Gasteiger partial charge on any atom is 0.264 e. The van der Waals surface area contributed by atoms with Gasteiger partial charge in [-0.05, 0) is 80.6 Å². The SMILES string of the molecule is Cc1ccc(S(=O)(=O)N(CC(=O)N(Cc2ccc(Br)cc2)[C@H](C)C(=O)NCC(C)C)c2cccc(C)c2C)cc1. The molecule has 0 aliphatic carbocycles. The third-order valence-electron chi connectivity index (χ3n) is 6.85. The Morgan fingerprint density at radius 3 is 2.12 bits per heavy atom. The van der Waals surface area contributed by atoms with Gasteiger partial charge >= 0.3 is 0 Å². The second-order valence-electron chi connectivity index (χ2n) is 10.5. The average Bonchev–Trinajstić information content (AvgIpc) is 2.91. The van der Waals surface area contributed by atoms with Crippen LogP contribution in [0.3, 0.4) is 0 Å². The Morgan fingerprint density at radius 1 is 0.900 bits per heavy atom. The molecule has 1 N–H and O–H groups in total. The Morgan fingerprint density at radius 2 is 1.52 bits per heavy atom. The van der Waals surface area contributed by atoms with Crippen LogP contribution in [0.5, 0.6) is 0 Å². The standard InChI is InChI=1S/C31H38BrN3O4S/c1-21(2)18-33-31(37)25(6)34(19-26-12-14-27(32)15-13-26)30(36)20-35(29-9-7-8-23(4)24(29)5)40(38,39)28-16-10-22(3)11-17-28/h7-17,21,25H,18-20H2,1-6H3,(H,33,37)/t25-/m1/s1. The summed E-state index contributed by atoms with van der Waals surface area (Å²) in [6.45, 7) is 11.4. The minimum atomic E-state index is -4.11. The molecule has 0 saturated heterocycles. The molecule has 0 saturated carbocycles. The van der Waals surface area contributed by atoms with Gasteiger partial charge in [0.1, 0.15) is 12.6 Å². The number of anilines is 1. The van der Waals surface area contributed by atoms with Crippen LogP contribution in [0.25, 0.3) is 0 Å². The molecule has 0 spiro atoms. The van der Waals surface area contributed by atoms with E-state index in [9.17, 15) is 18.0 Å². The largest absolute Gasteiger partial charge is 0.354 e. The van der Waals surface area contributed by atoms with E-state index in [1.807, 2.05) is 65.0 Å². The number of sulfonamides is 1. The topological polar surface area (TPSA) is 86.8 Å². The highest BCUT2D eigenvalue weighted by Gasteiger charge is 2.33. The highest BCUT2D eigenvalue weighted by molar-refractivity contribution is 9.10. The number of benzene rings is 3. The Bertz CT molecular complexity index is 1440. The molecule has 7 nitrogen and oxygen atoms in total. The first-order chi connectivity index (χ1) is 18.8. The highest BCUT2D eigenvalue weighted by atomic mass is 79.9. The minimum absolute atomic E-state index is 0.0917. The zero-order valence-electron chi connectivity index (χ0n) is 23.9. The van der Waals surface area contributed by atoms with Crippen LogP contribution in [-0.2, 0) is 26.2 Å². The summed E-state index contributed by atoms with van der Waals surface area (Å²) in [5, 5.41) is 2.90. The lowest BCUT2D eigenvalue weighted by Gasteiger charge is -2.32. The second-order valence-corrected chi connectivity index (χ2v) is 13.3. The van der Waals surface area contributed by atoms with E-state index >= 15 is 0 Å². The lowest BCUT2D eigenvalue weighted by molar-refractivity contribution is -0.139. The van der Waals surface area contributed by atoms with Gasteiger partial charge in [0.2, 0.25) is 11.8 Å². The predicted octanol–water partition coefficient (Wildman–Crippen LogP) is 5.76. The van der Waals surface area contributed by atoms with E-state index in [1.165, 1.54) is 4.90 Å². The lowest BCUT2D eigenvalue weighted by atomic mass is 10.1. The summed E-state index contributed by atoms with van der Waals surface area (Å²) in [6, 6.07) is 18.6. The fourth-order valence-electron chi connectivity index (χ4n) is 4.18. The molecule has 0 fully saturated rings. The van der Waals surface area contributed by atoms with E-state index in [4.69, 9.17) is 0 Å². The summed E-state index contributed by atoms with van der Waals surface area (Å²) in [6.07, 6.45) is 0. The first kappa shape index (κ1) is 31.4. The molecule has 3 aromatic rings. The smallest absolute Gasteiger partial charge is 0.264 e. The fraction of sp³-hybridized carbons (Fsp3) is 0.355. The van der Waals surface area contributed by atoms with Gasteiger partial charge in [-0.3, -0.25) is 13.9 Å². The molecule has 0 radical (unpaired) electrons. The highest BCUT2D eigenvalue weighted by Crippen LogP contribution is 2.29. The Balaban J connectivity index is 2.05. The quantitative estimate of drug-likeness (QED) is 0.293. The summed E-state index contributed by atoms with van der Waals surface area (Å²) in [5.41, 5.74) is 3.83. The predicted molar refractivity (Wildman–Crippen MR) is 164 cm³/mol. The van der Waals surface area contributed by atoms with Crippen molar-refractivity contribution in [1.29, 1.82) is 0 Å². The van der Waals surface area contributed by atoms with Gasteiger partial charge in [-0.2, -0.15) is 0 Å². The van der Waals surface area contributed by atoms with Crippen LogP contribution in [0.1, 0.15) is 43.0 Å². The first-order valence-corrected chi connectivity index (χ1v) is 15.5. The van der Waals surface area contributed by atoms with Crippen molar-refractivity contribution in [2.45, 2.75) is 59.0 Å². The number of rotatable bonds is 11. The second kappa shape index (κ2) is 13.5. The van der Waals surface area contributed by atoms with Crippen molar-refractivity contribution >= 4 is 43.5 Å². The van der Waals surface area contributed by atoms with Crippen molar-refractivity contribution in [2.75, 3.05) is 17.4 Å². The van der Waals surface area contributed by atoms with E-state index in [-0.39, 0.29) is 23.3 Å². The molecule has 2 amide bonds. The number of nitrogens with one attached hydrogen (secondary N) is 1. The molecule has 214 valence electrons. The van der Waals surface area contributed by atoms with Crippen molar-refractivity contribution in [1.82, 2.24) is 10.2 Å². The molecular weight excluding hydrogens is 590 g/mol. The number of aryl methyl sites for hydroxylation is 2. The number of nitrogens with zero attached hydrogens (tertiary/aromatic N) is 2.